The van der Waals surface area contributed by atoms with Gasteiger partial charge in [0, 0.05) is 37.3 Å². The topological polar surface area (TPSA) is 97.0 Å². The molecule has 2 heterocycles. The van der Waals surface area contributed by atoms with Gasteiger partial charge < -0.3 is 20.4 Å². The fourth-order valence-electron chi connectivity index (χ4n) is 4.41. The Kier molecular flexibility index (Phi) is 6.41. The van der Waals surface area contributed by atoms with Crippen LogP contribution in [0.15, 0.2) is 36.4 Å². The molecule has 2 atom stereocenters. The van der Waals surface area contributed by atoms with Gasteiger partial charge in [-0.2, -0.15) is 0 Å². The molecule has 0 aliphatic carbocycles. The number of nitrogens with two attached hydrogens (primary N) is 1. The molecule has 0 unspecified atom stereocenters. The highest BCUT2D eigenvalue weighted by molar-refractivity contribution is 5.84. The highest BCUT2D eigenvalue weighted by atomic mass is 19.1. The number of hydrogen-bond donors (Lipinski definition) is 3. The molecule has 4 N–H and O–H groups in total. The molecule has 166 valence electrons. The van der Waals surface area contributed by atoms with Crippen molar-refractivity contribution in [3.8, 4) is 5.75 Å². The number of nitrogens with zero attached hydrogens (tertiary/aromatic N) is 1. The first-order valence-corrected chi connectivity index (χ1v) is 10.6. The maximum absolute atomic E-state index is 13.0. The van der Waals surface area contributed by atoms with Crippen LogP contribution in [0.3, 0.4) is 0 Å². The lowest BCUT2D eigenvalue weighted by Crippen LogP contribution is -2.43. The normalized spacial score (nSPS) is 22.0. The number of rotatable bonds is 4. The Balaban J connectivity index is 1.33. The fourth-order valence-corrected chi connectivity index (χ4v) is 4.41. The molecule has 0 bridgehead atoms. The van der Waals surface area contributed by atoms with E-state index in [1.807, 2.05) is 19.1 Å². The van der Waals surface area contributed by atoms with Crippen LogP contribution in [0.4, 0.5) is 14.9 Å². The molecule has 0 spiro atoms. The highest BCUT2D eigenvalue weighted by Crippen LogP contribution is 2.40. The Bertz CT molecular complexity index is 929. The van der Waals surface area contributed by atoms with Crippen molar-refractivity contribution < 1.29 is 23.9 Å². The van der Waals surface area contributed by atoms with Crippen LogP contribution in [0.25, 0.3) is 0 Å². The summed E-state index contributed by atoms with van der Waals surface area (Å²) in [5, 5.41) is 14.8. The molecule has 0 radical (unpaired) electrons. The molecule has 2 aromatic rings. The maximum atomic E-state index is 13.0. The molecule has 1 fully saturated rings. The largest absolute Gasteiger partial charge is 0.507 e. The van der Waals surface area contributed by atoms with Crippen molar-refractivity contribution in [2.45, 2.75) is 38.4 Å². The summed E-state index contributed by atoms with van der Waals surface area (Å²) in [6.45, 7) is 3.42. The quantitative estimate of drug-likeness (QED) is 0.686. The monoisotopic (exact) mass is 429 g/mol. The smallest absolute Gasteiger partial charge is 0.430 e. The van der Waals surface area contributed by atoms with Crippen LogP contribution in [0.5, 0.6) is 5.75 Å². The standard InChI is InChI=1S/C23H28FN3O4/c1-14-2-7-18-19(22(14)28)12-20(30-21(18)13-25)15-8-10-27(11-9-15)31-23(29)26-17-5-3-16(24)4-6-17/h2-7,15,20-21,28H,8-13,25H2,1H3,(H,26,29)/t20-,21-/m0/s1. The zero-order valence-corrected chi connectivity index (χ0v) is 17.5. The van der Waals surface area contributed by atoms with Crippen molar-refractivity contribution in [3.05, 3.63) is 58.9 Å². The number of hydrogen-bond acceptors (Lipinski definition) is 6. The SMILES string of the molecule is Cc1ccc2c(c1O)C[C@@H](C1CCN(OC(=O)Nc3ccc(F)cc3)CC1)O[C@H]2CN. The van der Waals surface area contributed by atoms with Gasteiger partial charge in [-0.3, -0.25) is 5.32 Å². The maximum Gasteiger partial charge on any atom is 0.430 e. The van der Waals surface area contributed by atoms with E-state index in [0.717, 1.165) is 29.5 Å². The van der Waals surface area contributed by atoms with Gasteiger partial charge in [0.15, 0.2) is 0 Å². The van der Waals surface area contributed by atoms with E-state index in [-0.39, 0.29) is 23.9 Å². The van der Waals surface area contributed by atoms with Crippen LogP contribution >= 0.6 is 0 Å². The zero-order valence-electron chi connectivity index (χ0n) is 17.5. The van der Waals surface area contributed by atoms with E-state index >= 15 is 0 Å². The van der Waals surface area contributed by atoms with Crippen molar-refractivity contribution in [1.29, 1.82) is 0 Å². The zero-order chi connectivity index (χ0) is 22.0. The Morgan fingerprint density at radius 1 is 1.26 bits per heavy atom. The molecule has 7 nitrogen and oxygen atoms in total. The van der Waals surface area contributed by atoms with Gasteiger partial charge >= 0.3 is 6.09 Å². The number of anilines is 1. The molecule has 1 amide bonds. The van der Waals surface area contributed by atoms with Gasteiger partial charge in [0.05, 0.1) is 12.2 Å². The van der Waals surface area contributed by atoms with Crippen LogP contribution < -0.4 is 11.1 Å². The van der Waals surface area contributed by atoms with E-state index in [1.54, 1.807) is 5.06 Å². The summed E-state index contributed by atoms with van der Waals surface area (Å²) >= 11 is 0. The average molecular weight is 429 g/mol. The number of hydroxylamine groups is 2. The first kappa shape index (κ1) is 21.5. The lowest BCUT2D eigenvalue weighted by atomic mass is 9.83. The first-order chi connectivity index (χ1) is 14.9. The summed E-state index contributed by atoms with van der Waals surface area (Å²) in [7, 11) is 0. The minimum atomic E-state index is -0.600. The molecule has 8 heteroatoms. The molecule has 2 aliphatic heterocycles. The van der Waals surface area contributed by atoms with Gasteiger partial charge in [-0.1, -0.05) is 12.1 Å². The van der Waals surface area contributed by atoms with E-state index < -0.39 is 6.09 Å². The lowest BCUT2D eigenvalue weighted by molar-refractivity contribution is -0.133. The number of carbonyl (C=O) groups is 1. The van der Waals surface area contributed by atoms with Gasteiger partial charge in [-0.25, -0.2) is 9.18 Å². The highest BCUT2D eigenvalue weighted by Gasteiger charge is 2.36. The number of nitrogens with one attached hydrogen (secondary N) is 1. The van der Waals surface area contributed by atoms with Crippen LogP contribution in [0.1, 0.15) is 35.6 Å². The second-order valence-corrected chi connectivity index (χ2v) is 8.18. The summed E-state index contributed by atoms with van der Waals surface area (Å²) < 4.78 is 19.3. The molecular weight excluding hydrogens is 401 g/mol. The second-order valence-electron chi connectivity index (χ2n) is 8.18. The molecule has 4 rings (SSSR count). The van der Waals surface area contributed by atoms with E-state index in [9.17, 15) is 14.3 Å². The first-order valence-electron chi connectivity index (χ1n) is 10.6. The van der Waals surface area contributed by atoms with Crippen LogP contribution in [-0.4, -0.2) is 42.0 Å². The molecule has 0 saturated carbocycles. The predicted molar refractivity (Wildman–Crippen MR) is 114 cm³/mol. The number of halogens is 1. The third-order valence-corrected chi connectivity index (χ3v) is 6.15. The minimum Gasteiger partial charge on any atom is -0.507 e. The third-order valence-electron chi connectivity index (χ3n) is 6.15. The predicted octanol–water partition coefficient (Wildman–Crippen LogP) is 3.66. The van der Waals surface area contributed by atoms with Crippen LogP contribution in [0.2, 0.25) is 0 Å². The van der Waals surface area contributed by atoms with E-state index in [2.05, 4.69) is 5.32 Å². The summed E-state index contributed by atoms with van der Waals surface area (Å²) in [5.74, 6) is 0.249. The summed E-state index contributed by atoms with van der Waals surface area (Å²) in [5.41, 5.74) is 9.18. The minimum absolute atomic E-state index is 0.0380. The van der Waals surface area contributed by atoms with E-state index in [0.29, 0.717) is 37.5 Å². The van der Waals surface area contributed by atoms with Gasteiger partial charge in [0.2, 0.25) is 0 Å². The number of ether oxygens (including phenoxy) is 1. The molecule has 1 saturated heterocycles. The summed E-state index contributed by atoms with van der Waals surface area (Å²) in [6.07, 6.45) is 1.38. The van der Waals surface area contributed by atoms with Crippen molar-refractivity contribution in [1.82, 2.24) is 5.06 Å². The third kappa shape index (κ3) is 4.81. The fraction of sp³-hybridized carbons (Fsp3) is 0.435. The molecule has 2 aromatic carbocycles. The number of carbonyl (C=O) groups excluding carboxylic acids is 1. The van der Waals surface area contributed by atoms with Crippen molar-refractivity contribution >= 4 is 11.8 Å². The molecular formula is C23H28FN3O4. The van der Waals surface area contributed by atoms with Crippen molar-refractivity contribution in [2.75, 3.05) is 25.0 Å². The number of aromatic hydroxyl groups is 1. The number of fused-ring (bicyclic) bond motifs is 1. The molecule has 31 heavy (non-hydrogen) atoms. The second kappa shape index (κ2) is 9.21. The number of phenols is 1. The lowest BCUT2D eigenvalue weighted by Gasteiger charge is -2.39. The number of aryl methyl sites for hydroxylation is 1. The number of amides is 1. The van der Waals surface area contributed by atoms with Crippen molar-refractivity contribution in [3.63, 3.8) is 0 Å². The Labute approximate surface area is 180 Å². The Morgan fingerprint density at radius 3 is 2.65 bits per heavy atom. The van der Waals surface area contributed by atoms with Gasteiger partial charge in [0.1, 0.15) is 11.6 Å². The van der Waals surface area contributed by atoms with E-state index in [1.165, 1.54) is 24.3 Å². The van der Waals surface area contributed by atoms with Crippen LogP contribution in [0, 0.1) is 18.7 Å². The van der Waals surface area contributed by atoms with Gasteiger partial charge in [0.25, 0.3) is 0 Å². The van der Waals surface area contributed by atoms with Gasteiger partial charge in [-0.05, 0) is 61.1 Å². The molecule has 0 aromatic heterocycles. The van der Waals surface area contributed by atoms with Gasteiger partial charge in [-0.15, -0.1) is 5.06 Å². The number of benzene rings is 2. The van der Waals surface area contributed by atoms with E-state index in [4.69, 9.17) is 15.3 Å². The number of phenolic OH excluding ortho intramolecular Hbond substituents is 1. The molecule has 2 aliphatic rings. The Morgan fingerprint density at radius 2 is 1.97 bits per heavy atom. The van der Waals surface area contributed by atoms with Crippen molar-refractivity contribution in [2.24, 2.45) is 11.7 Å². The summed E-state index contributed by atoms with van der Waals surface area (Å²) in [6, 6.07) is 9.40. The average Bonchev–Trinajstić information content (AvgIpc) is 2.78. The Hall–Kier alpha value is -2.68. The summed E-state index contributed by atoms with van der Waals surface area (Å²) in [4.78, 5) is 17.5. The van der Waals surface area contributed by atoms with Crippen LogP contribution in [-0.2, 0) is 16.0 Å². The number of piperidine rings is 1.